The molecule has 242 valence electrons. The number of rotatable bonds is 7. The lowest BCUT2D eigenvalue weighted by Crippen LogP contribution is -2.45. The highest BCUT2D eigenvalue weighted by atomic mass is 35.5. The lowest BCUT2D eigenvalue weighted by molar-refractivity contribution is 0.107. The largest absolute Gasteiger partial charge is 0.489 e. The van der Waals surface area contributed by atoms with Crippen LogP contribution in [0.5, 0.6) is 11.8 Å². The van der Waals surface area contributed by atoms with Crippen molar-refractivity contribution in [1.82, 2.24) is 14.9 Å². The number of nitrogens with two attached hydrogens (primary N) is 1. The molecule has 0 aliphatic carbocycles. The average molecular weight is 681 g/mol. The molecule has 0 radical (unpaired) electrons. The molecule has 3 aliphatic rings. The van der Waals surface area contributed by atoms with Crippen molar-refractivity contribution in [3.63, 3.8) is 0 Å². The summed E-state index contributed by atoms with van der Waals surface area (Å²) in [6.45, 7) is -0.924. The molecule has 2 fully saturated rings. The van der Waals surface area contributed by atoms with E-state index in [1.165, 1.54) is 6.07 Å². The molecule has 2 aromatic heterocycles. The summed E-state index contributed by atoms with van der Waals surface area (Å²) < 4.78 is 86.0. The predicted molar refractivity (Wildman–Crippen MR) is 163 cm³/mol. The van der Waals surface area contributed by atoms with Gasteiger partial charge in [0, 0.05) is 23.9 Å². The molecule has 2 saturated heterocycles. The fourth-order valence-electron chi connectivity index (χ4n) is 7.01. The van der Waals surface area contributed by atoms with Crippen molar-refractivity contribution >= 4 is 54.7 Å². The SMILES string of the molecule is N#Cc1c(N)sc2c(F)ccc(-c3c(Cl)c4c5c(nc(OC[C@@]67CCCN6C[C@H](F)C7)nc5c3F)N(CC(F)F)C(CO)CO4)c12. The van der Waals surface area contributed by atoms with Gasteiger partial charge in [0.2, 0.25) is 0 Å². The van der Waals surface area contributed by atoms with Gasteiger partial charge in [-0.1, -0.05) is 17.7 Å². The topological polar surface area (TPSA) is 121 Å². The molecular weight excluding hydrogens is 655 g/mol. The van der Waals surface area contributed by atoms with E-state index < -0.39 is 54.5 Å². The molecule has 0 saturated carbocycles. The molecular formula is C30H26ClF5N6O3S. The van der Waals surface area contributed by atoms with Crippen LogP contribution in [0.25, 0.3) is 32.1 Å². The lowest BCUT2D eigenvalue weighted by Gasteiger charge is -2.31. The first-order valence-corrected chi connectivity index (χ1v) is 15.7. The summed E-state index contributed by atoms with van der Waals surface area (Å²) in [7, 11) is 0. The van der Waals surface area contributed by atoms with Crippen molar-refractivity contribution < 1.29 is 36.5 Å². The highest BCUT2D eigenvalue weighted by Crippen LogP contribution is 2.51. The summed E-state index contributed by atoms with van der Waals surface area (Å²) in [5.74, 6) is -2.07. The average Bonchev–Trinajstić information content (AvgIpc) is 3.63. The standard InChI is InChI=1S/C30H26ClF5N6O3S/c31-22-20(15-2-3-17(33)26-19(15)16(7-37)27(38)46-26)23(36)24-21-25(22)44-11-14(10-43)42(9-18(34)35)28(21)40-29(39-24)45-12-30-4-1-5-41(30)8-13(32)6-30/h2-3,13-14,18,43H,1,4-6,8-12,38H2/t13-,14?,30+/m1/s1. The minimum absolute atomic E-state index is 0.00727. The van der Waals surface area contributed by atoms with Crippen LogP contribution in [0.15, 0.2) is 12.1 Å². The monoisotopic (exact) mass is 680 g/mol. The Morgan fingerprint density at radius 3 is 2.83 bits per heavy atom. The summed E-state index contributed by atoms with van der Waals surface area (Å²) >= 11 is 7.65. The van der Waals surface area contributed by atoms with E-state index in [1.807, 2.05) is 11.0 Å². The number of halogens is 6. The van der Waals surface area contributed by atoms with Crippen LogP contribution in [0.2, 0.25) is 5.02 Å². The van der Waals surface area contributed by atoms with Crippen molar-refractivity contribution in [3.05, 3.63) is 34.4 Å². The van der Waals surface area contributed by atoms with E-state index in [0.29, 0.717) is 13.0 Å². The van der Waals surface area contributed by atoms with E-state index in [4.69, 9.17) is 26.8 Å². The van der Waals surface area contributed by atoms with Gasteiger partial charge in [-0.2, -0.15) is 15.2 Å². The van der Waals surface area contributed by atoms with Crippen molar-refractivity contribution in [2.75, 3.05) is 50.1 Å². The minimum atomic E-state index is -2.88. The molecule has 2 aromatic carbocycles. The number of hydrogen-bond donors (Lipinski definition) is 2. The van der Waals surface area contributed by atoms with Gasteiger partial charge in [-0.15, -0.1) is 11.3 Å². The molecule has 3 atom stereocenters. The number of aliphatic hydroxyl groups is 1. The predicted octanol–water partition coefficient (Wildman–Crippen LogP) is 5.68. The van der Waals surface area contributed by atoms with Gasteiger partial charge in [0.25, 0.3) is 6.43 Å². The molecule has 4 aromatic rings. The quantitative estimate of drug-likeness (QED) is 0.238. The highest BCUT2D eigenvalue weighted by molar-refractivity contribution is 7.23. The van der Waals surface area contributed by atoms with Crippen LogP contribution in [0.1, 0.15) is 24.8 Å². The van der Waals surface area contributed by atoms with Crippen molar-refractivity contribution in [2.24, 2.45) is 0 Å². The first-order chi connectivity index (χ1) is 22.1. The maximum Gasteiger partial charge on any atom is 0.319 e. The van der Waals surface area contributed by atoms with Crippen LogP contribution in [-0.4, -0.2) is 83.6 Å². The van der Waals surface area contributed by atoms with Gasteiger partial charge in [0.1, 0.15) is 47.6 Å². The number of benzene rings is 2. The van der Waals surface area contributed by atoms with Gasteiger partial charge in [0.05, 0.1) is 45.4 Å². The van der Waals surface area contributed by atoms with Gasteiger partial charge in [-0.25, -0.2) is 22.0 Å². The van der Waals surface area contributed by atoms with Gasteiger partial charge < -0.3 is 25.2 Å². The van der Waals surface area contributed by atoms with E-state index in [1.54, 1.807) is 0 Å². The third-order valence-electron chi connectivity index (χ3n) is 9.05. The van der Waals surface area contributed by atoms with Crippen LogP contribution in [0.3, 0.4) is 0 Å². The third kappa shape index (κ3) is 4.76. The van der Waals surface area contributed by atoms with Crippen LogP contribution in [0, 0.1) is 23.0 Å². The Hall–Kier alpha value is -3.71. The number of aliphatic hydroxyl groups excluding tert-OH is 1. The first-order valence-electron chi connectivity index (χ1n) is 14.5. The molecule has 9 nitrogen and oxygen atoms in total. The zero-order valence-electron chi connectivity index (χ0n) is 24.0. The van der Waals surface area contributed by atoms with Crippen LogP contribution < -0.4 is 20.1 Å². The molecule has 0 bridgehead atoms. The Labute approximate surface area is 267 Å². The number of nitrogens with zero attached hydrogens (tertiary/aromatic N) is 5. The summed E-state index contributed by atoms with van der Waals surface area (Å²) in [6.07, 6.45) is -2.19. The van der Waals surface area contributed by atoms with Gasteiger partial charge in [-0.05, 0) is 31.0 Å². The summed E-state index contributed by atoms with van der Waals surface area (Å²) in [5, 5.41) is 19.6. The Bertz CT molecular complexity index is 1920. The maximum absolute atomic E-state index is 16.9. The zero-order chi connectivity index (χ0) is 32.5. The number of nitriles is 1. The third-order valence-corrected chi connectivity index (χ3v) is 10.4. The second-order valence-corrected chi connectivity index (χ2v) is 13.1. The number of alkyl halides is 3. The van der Waals surface area contributed by atoms with E-state index >= 15 is 4.39 Å². The van der Waals surface area contributed by atoms with Crippen LogP contribution >= 0.6 is 22.9 Å². The Morgan fingerprint density at radius 2 is 2.09 bits per heavy atom. The van der Waals surface area contributed by atoms with Crippen LogP contribution in [-0.2, 0) is 0 Å². The molecule has 46 heavy (non-hydrogen) atoms. The molecule has 0 spiro atoms. The number of thiophene rings is 1. The number of hydrogen-bond acceptors (Lipinski definition) is 10. The molecule has 0 amide bonds. The number of anilines is 2. The number of fused-ring (bicyclic) bond motifs is 2. The Morgan fingerprint density at radius 1 is 1.28 bits per heavy atom. The molecule has 5 heterocycles. The van der Waals surface area contributed by atoms with E-state index in [-0.39, 0.29) is 85.9 Å². The van der Waals surface area contributed by atoms with Crippen molar-refractivity contribution in [3.8, 4) is 29.0 Å². The lowest BCUT2D eigenvalue weighted by atomic mass is 9.95. The van der Waals surface area contributed by atoms with E-state index in [2.05, 4.69) is 9.97 Å². The Balaban J connectivity index is 1.47. The minimum Gasteiger partial charge on any atom is -0.489 e. The number of ether oxygens (including phenoxy) is 2. The summed E-state index contributed by atoms with van der Waals surface area (Å²) in [5.41, 5.74) is 4.65. The normalized spacial score (nSPS) is 22.8. The van der Waals surface area contributed by atoms with Gasteiger partial charge in [0.15, 0.2) is 11.6 Å². The van der Waals surface area contributed by atoms with Gasteiger partial charge in [-0.3, -0.25) is 4.90 Å². The fraction of sp³-hybridized carbons (Fsp3) is 0.433. The smallest absolute Gasteiger partial charge is 0.319 e. The van der Waals surface area contributed by atoms with Gasteiger partial charge >= 0.3 is 6.01 Å². The summed E-state index contributed by atoms with van der Waals surface area (Å²) in [4.78, 5) is 11.9. The molecule has 7 rings (SSSR count). The van der Waals surface area contributed by atoms with Crippen molar-refractivity contribution in [1.29, 1.82) is 5.26 Å². The Kier molecular flexibility index (Phi) is 7.74. The van der Waals surface area contributed by atoms with E-state index in [0.717, 1.165) is 28.7 Å². The maximum atomic E-state index is 16.9. The summed E-state index contributed by atoms with van der Waals surface area (Å²) in [6, 6.07) is 2.89. The van der Waals surface area contributed by atoms with Crippen LogP contribution in [0.4, 0.5) is 32.8 Å². The second-order valence-electron chi connectivity index (χ2n) is 11.7. The van der Waals surface area contributed by atoms with Crippen molar-refractivity contribution in [2.45, 2.75) is 43.4 Å². The zero-order valence-corrected chi connectivity index (χ0v) is 25.6. The van der Waals surface area contributed by atoms with E-state index in [9.17, 15) is 27.9 Å². The number of nitrogen functional groups attached to an aromatic ring is 1. The molecule has 3 N–H and O–H groups in total. The molecule has 1 unspecified atom stereocenters. The highest BCUT2D eigenvalue weighted by Gasteiger charge is 2.49. The number of aromatic nitrogens is 2. The first kappa shape index (κ1) is 30.9. The second kappa shape index (κ2) is 11.5. The molecule has 16 heteroatoms. The fourth-order valence-corrected chi connectivity index (χ4v) is 8.30. The molecule has 3 aliphatic heterocycles.